The predicted octanol–water partition coefficient (Wildman–Crippen LogP) is 4.70. The van der Waals surface area contributed by atoms with Crippen LogP contribution in [0.25, 0.3) is 16.9 Å². The van der Waals surface area contributed by atoms with Crippen molar-refractivity contribution in [3.8, 4) is 16.9 Å². The van der Waals surface area contributed by atoms with Crippen molar-refractivity contribution in [1.82, 2.24) is 14.7 Å². The van der Waals surface area contributed by atoms with Crippen LogP contribution in [0.1, 0.15) is 22.9 Å². The highest BCUT2D eigenvalue weighted by Gasteiger charge is 2.36. The van der Waals surface area contributed by atoms with E-state index in [2.05, 4.69) is 10.6 Å². The zero-order valence-corrected chi connectivity index (χ0v) is 21.1. The second kappa shape index (κ2) is 10.9. The number of ether oxygens (including phenoxy) is 1. The van der Waals surface area contributed by atoms with Crippen molar-refractivity contribution in [3.63, 3.8) is 0 Å². The fraction of sp³-hybridized carbons (Fsp3) is 0.207. The number of nitrogens with one attached hydrogen (secondary N) is 2. The van der Waals surface area contributed by atoms with Crippen molar-refractivity contribution in [3.05, 3.63) is 95.4 Å². The molecular weight excluding hydrogens is 485 g/mol. The second-order valence-corrected chi connectivity index (χ2v) is 9.11. The summed E-state index contributed by atoms with van der Waals surface area (Å²) in [6, 6.07) is 19.8. The maximum absolute atomic E-state index is 13.7. The van der Waals surface area contributed by atoms with Gasteiger partial charge in [-0.15, -0.1) is 0 Å². The first kappa shape index (κ1) is 25.2. The second-order valence-electron chi connectivity index (χ2n) is 9.11. The van der Waals surface area contributed by atoms with Crippen LogP contribution < -0.4 is 10.6 Å². The number of hydrogen-bond donors (Lipinski definition) is 2. The number of aromatic nitrogens is 2. The van der Waals surface area contributed by atoms with E-state index in [1.54, 1.807) is 28.8 Å². The lowest BCUT2D eigenvalue weighted by molar-refractivity contribution is -0.128. The minimum Gasteiger partial charge on any atom is -0.386 e. The molecule has 9 heteroatoms. The molecule has 5 rings (SSSR count). The van der Waals surface area contributed by atoms with Crippen molar-refractivity contribution in [2.75, 3.05) is 30.8 Å². The lowest BCUT2D eigenvalue weighted by Crippen LogP contribution is -2.30. The molecule has 0 radical (unpaired) electrons. The highest BCUT2D eigenvalue weighted by molar-refractivity contribution is 5.81. The Labute approximate surface area is 220 Å². The van der Waals surface area contributed by atoms with Gasteiger partial charge in [-0.05, 0) is 67.4 Å². The van der Waals surface area contributed by atoms with E-state index in [4.69, 9.17) is 9.84 Å². The predicted molar refractivity (Wildman–Crippen MR) is 143 cm³/mol. The summed E-state index contributed by atoms with van der Waals surface area (Å²) in [6.45, 7) is 2.41. The van der Waals surface area contributed by atoms with Gasteiger partial charge < -0.3 is 20.3 Å². The number of nitrogens with zero attached hydrogens (tertiary/aromatic N) is 3. The first-order valence-corrected chi connectivity index (χ1v) is 12.3. The minimum atomic E-state index is -0.637. The number of halogens is 1. The Kier molecular flexibility index (Phi) is 7.19. The van der Waals surface area contributed by atoms with Gasteiger partial charge in [0.1, 0.15) is 18.1 Å². The van der Waals surface area contributed by atoms with Crippen LogP contribution in [0, 0.1) is 12.7 Å². The highest BCUT2D eigenvalue weighted by Crippen LogP contribution is 2.35. The third kappa shape index (κ3) is 5.14. The van der Waals surface area contributed by atoms with Crippen LogP contribution in [-0.2, 0) is 20.7 Å². The van der Waals surface area contributed by atoms with E-state index >= 15 is 0 Å². The maximum atomic E-state index is 13.7. The van der Waals surface area contributed by atoms with Gasteiger partial charge >= 0.3 is 0 Å². The number of amides is 2. The number of anilines is 2. The molecule has 194 valence electrons. The van der Waals surface area contributed by atoms with Crippen molar-refractivity contribution in [1.29, 1.82) is 0 Å². The fourth-order valence-electron chi connectivity index (χ4n) is 4.58. The molecule has 1 atom stereocenters. The molecule has 1 unspecified atom stereocenters. The first-order valence-electron chi connectivity index (χ1n) is 12.3. The fourth-order valence-corrected chi connectivity index (χ4v) is 4.58. The smallest absolute Gasteiger partial charge is 0.250 e. The Morgan fingerprint density at radius 1 is 1.08 bits per heavy atom. The molecule has 1 aromatic heterocycles. The lowest BCUT2D eigenvalue weighted by Gasteiger charge is -2.23. The summed E-state index contributed by atoms with van der Waals surface area (Å²) in [5.74, 6) is -0.450. The van der Waals surface area contributed by atoms with Crippen LogP contribution in [0.2, 0.25) is 0 Å². The van der Waals surface area contributed by atoms with E-state index in [0.29, 0.717) is 30.8 Å². The number of carbonyl (C=O) groups excluding carboxylic acids is 2. The monoisotopic (exact) mass is 513 g/mol. The zero-order valence-electron chi connectivity index (χ0n) is 21.1. The van der Waals surface area contributed by atoms with Crippen LogP contribution in [0.15, 0.2) is 72.9 Å². The molecule has 2 N–H and O–H groups in total. The van der Waals surface area contributed by atoms with Gasteiger partial charge in [-0.3, -0.25) is 9.59 Å². The molecule has 8 nitrogen and oxygen atoms in total. The van der Waals surface area contributed by atoms with E-state index in [1.807, 2.05) is 55.6 Å². The molecular formula is C29H28FN5O3. The zero-order chi connectivity index (χ0) is 26.6. The van der Waals surface area contributed by atoms with Crippen LogP contribution in [-0.4, -0.2) is 47.2 Å². The Morgan fingerprint density at radius 3 is 2.55 bits per heavy atom. The summed E-state index contributed by atoms with van der Waals surface area (Å²) in [7, 11) is 1.78. The van der Waals surface area contributed by atoms with Crippen LogP contribution in [0.5, 0.6) is 0 Å². The van der Waals surface area contributed by atoms with E-state index in [9.17, 15) is 14.0 Å². The average Bonchev–Trinajstić information content (AvgIpc) is 3.52. The SMILES string of the molecule is CNc1cc(CCN2C(=O)COC2c2cn(-c3ccc(C)cc3)nc2-c2ccc(F)cc2)ccc1NC=O. The number of benzene rings is 3. The molecule has 2 amide bonds. The van der Waals surface area contributed by atoms with Gasteiger partial charge in [-0.2, -0.15) is 5.10 Å². The van der Waals surface area contributed by atoms with Crippen LogP contribution >= 0.6 is 0 Å². The van der Waals surface area contributed by atoms with E-state index in [0.717, 1.165) is 33.6 Å². The number of rotatable bonds is 9. The Morgan fingerprint density at radius 2 is 1.84 bits per heavy atom. The lowest BCUT2D eigenvalue weighted by atomic mass is 10.1. The minimum absolute atomic E-state index is 0.0345. The Bertz CT molecular complexity index is 1450. The molecule has 0 saturated carbocycles. The molecule has 1 saturated heterocycles. The first-order chi connectivity index (χ1) is 18.5. The molecule has 1 fully saturated rings. The molecule has 0 aliphatic carbocycles. The topological polar surface area (TPSA) is 88.5 Å². The van der Waals surface area contributed by atoms with Gasteiger partial charge in [0.2, 0.25) is 6.41 Å². The normalized spacial score (nSPS) is 15.1. The summed E-state index contributed by atoms with van der Waals surface area (Å²) < 4.78 is 21.4. The van der Waals surface area contributed by atoms with Gasteiger partial charge in [0, 0.05) is 30.9 Å². The standard InChI is InChI=1S/C29H28FN5O3/c1-19-3-10-23(11-4-19)35-16-24(28(33-35)21-6-8-22(30)9-7-21)29-34(27(37)17-38-29)14-13-20-5-12-25(32-18-36)26(15-20)31-2/h3-12,15-16,18,29,31H,13-14,17H2,1-2H3,(H,32,36). The molecule has 1 aliphatic rings. The van der Waals surface area contributed by atoms with E-state index < -0.39 is 6.23 Å². The summed E-state index contributed by atoms with van der Waals surface area (Å²) in [5, 5.41) is 10.6. The van der Waals surface area contributed by atoms with Gasteiger partial charge in [-0.25, -0.2) is 9.07 Å². The molecule has 38 heavy (non-hydrogen) atoms. The van der Waals surface area contributed by atoms with Crippen molar-refractivity contribution in [2.45, 2.75) is 19.6 Å². The van der Waals surface area contributed by atoms with Crippen molar-refractivity contribution < 1.29 is 18.7 Å². The highest BCUT2D eigenvalue weighted by atomic mass is 19.1. The molecule has 0 bridgehead atoms. The van der Waals surface area contributed by atoms with Crippen molar-refractivity contribution >= 4 is 23.7 Å². The van der Waals surface area contributed by atoms with Crippen LogP contribution in [0.3, 0.4) is 0 Å². The van der Waals surface area contributed by atoms with Crippen molar-refractivity contribution in [2.24, 2.45) is 0 Å². The molecule has 0 spiro atoms. The number of aryl methyl sites for hydroxylation is 1. The van der Waals surface area contributed by atoms with Gasteiger partial charge in [-0.1, -0.05) is 23.8 Å². The number of hydrogen-bond acceptors (Lipinski definition) is 5. The van der Waals surface area contributed by atoms with Crippen LogP contribution in [0.4, 0.5) is 15.8 Å². The third-order valence-corrected chi connectivity index (χ3v) is 6.60. The summed E-state index contributed by atoms with van der Waals surface area (Å²) in [6.07, 6.45) is 2.45. The quantitative estimate of drug-likeness (QED) is 0.317. The Hall–Kier alpha value is -4.50. The number of carbonyl (C=O) groups is 2. The Balaban J connectivity index is 1.46. The van der Waals surface area contributed by atoms with Gasteiger partial charge in [0.25, 0.3) is 5.91 Å². The van der Waals surface area contributed by atoms with Gasteiger partial charge in [0.05, 0.1) is 17.1 Å². The van der Waals surface area contributed by atoms with E-state index in [-0.39, 0.29) is 18.3 Å². The maximum Gasteiger partial charge on any atom is 0.250 e. The molecule has 4 aromatic rings. The van der Waals surface area contributed by atoms with Gasteiger partial charge in [0.15, 0.2) is 6.23 Å². The largest absolute Gasteiger partial charge is 0.386 e. The summed E-state index contributed by atoms with van der Waals surface area (Å²) in [5.41, 5.74) is 6.54. The molecule has 1 aliphatic heterocycles. The summed E-state index contributed by atoms with van der Waals surface area (Å²) in [4.78, 5) is 25.5. The van der Waals surface area contributed by atoms with E-state index in [1.165, 1.54) is 12.1 Å². The third-order valence-electron chi connectivity index (χ3n) is 6.60. The summed E-state index contributed by atoms with van der Waals surface area (Å²) >= 11 is 0. The molecule has 3 aromatic carbocycles. The molecule has 2 heterocycles. The average molecular weight is 514 g/mol.